The van der Waals surface area contributed by atoms with Gasteiger partial charge in [-0.3, -0.25) is 9.13 Å². The van der Waals surface area contributed by atoms with E-state index >= 15 is 0 Å². The summed E-state index contributed by atoms with van der Waals surface area (Å²) in [6.45, 7) is 0.797. The molecule has 0 N–H and O–H groups in total. The quantitative estimate of drug-likeness (QED) is 0.815. The summed E-state index contributed by atoms with van der Waals surface area (Å²) in [6, 6.07) is 0.181. The minimum Gasteiger partial charge on any atom is -0.384 e. The van der Waals surface area contributed by atoms with Gasteiger partial charge in [-0.1, -0.05) is 0 Å². The van der Waals surface area contributed by atoms with Gasteiger partial charge in [0.1, 0.15) is 5.52 Å². The van der Waals surface area contributed by atoms with Crippen LogP contribution >= 0.6 is 11.6 Å². The van der Waals surface area contributed by atoms with Crippen LogP contribution in [0.2, 0.25) is 5.28 Å². The largest absolute Gasteiger partial charge is 0.384 e. The highest BCUT2D eigenvalue weighted by Gasteiger charge is 2.26. The van der Waals surface area contributed by atoms with Crippen molar-refractivity contribution in [1.82, 2.24) is 19.1 Å². The van der Waals surface area contributed by atoms with Gasteiger partial charge in [-0.25, -0.2) is 9.78 Å². The van der Waals surface area contributed by atoms with Crippen molar-refractivity contribution in [2.75, 3.05) is 13.7 Å². The Kier molecular flexibility index (Phi) is 3.99. The lowest BCUT2D eigenvalue weighted by Gasteiger charge is -2.28. The fraction of sp³-hybridized carbons (Fsp3) is 0.643. The third kappa shape index (κ3) is 2.58. The Morgan fingerprint density at radius 2 is 2.10 bits per heavy atom. The van der Waals surface area contributed by atoms with Crippen molar-refractivity contribution in [2.24, 2.45) is 13.0 Å². The number of imidazole rings is 1. The molecule has 1 aliphatic carbocycles. The summed E-state index contributed by atoms with van der Waals surface area (Å²) in [7, 11) is 3.48. The molecule has 0 amide bonds. The minimum atomic E-state index is -0.0447. The first-order valence-electron chi connectivity index (χ1n) is 7.20. The number of halogens is 1. The van der Waals surface area contributed by atoms with Crippen LogP contribution in [0.5, 0.6) is 0 Å². The predicted molar refractivity (Wildman–Crippen MR) is 80.7 cm³/mol. The monoisotopic (exact) mass is 310 g/mol. The average Bonchev–Trinajstić information content (AvgIpc) is 2.72. The van der Waals surface area contributed by atoms with Gasteiger partial charge in [-0.2, -0.15) is 4.98 Å². The number of methoxy groups -OCH3 is 1. The molecule has 1 saturated carbocycles. The second-order valence-corrected chi connectivity index (χ2v) is 6.03. The molecule has 7 heteroatoms. The number of ether oxygens (including phenoxy) is 1. The van der Waals surface area contributed by atoms with Crippen molar-refractivity contribution < 1.29 is 4.74 Å². The topological polar surface area (TPSA) is 61.9 Å². The Bertz CT molecular complexity index is 701. The van der Waals surface area contributed by atoms with E-state index < -0.39 is 0 Å². The van der Waals surface area contributed by atoms with Crippen molar-refractivity contribution in [3.8, 4) is 0 Å². The number of fused-ring (bicyclic) bond motifs is 1. The lowest BCUT2D eigenvalue weighted by Crippen LogP contribution is -2.29. The maximum absolute atomic E-state index is 12.5. The molecule has 0 radical (unpaired) electrons. The average molecular weight is 311 g/mol. The van der Waals surface area contributed by atoms with Crippen LogP contribution in [0.4, 0.5) is 0 Å². The number of hydrogen-bond acceptors (Lipinski definition) is 4. The molecule has 114 valence electrons. The first-order chi connectivity index (χ1) is 10.1. The summed E-state index contributed by atoms with van der Waals surface area (Å²) in [5.74, 6) is 0.593. The van der Waals surface area contributed by atoms with E-state index in [1.165, 1.54) is 0 Å². The minimum absolute atomic E-state index is 0.0447. The zero-order valence-electron chi connectivity index (χ0n) is 12.3. The summed E-state index contributed by atoms with van der Waals surface area (Å²) in [6.07, 6.45) is 5.68. The molecule has 0 spiro atoms. The predicted octanol–water partition coefficient (Wildman–Crippen LogP) is 2.16. The zero-order chi connectivity index (χ0) is 15.0. The van der Waals surface area contributed by atoms with E-state index in [9.17, 15) is 4.79 Å². The molecule has 0 saturated heterocycles. The van der Waals surface area contributed by atoms with Crippen LogP contribution < -0.4 is 5.69 Å². The molecule has 0 aliphatic heterocycles. The number of nitrogens with zero attached hydrogens (tertiary/aromatic N) is 4. The number of aryl methyl sites for hydroxylation is 1. The lowest BCUT2D eigenvalue weighted by molar-refractivity contribution is 0.120. The first-order valence-corrected chi connectivity index (χ1v) is 7.58. The van der Waals surface area contributed by atoms with Crippen LogP contribution in [0, 0.1) is 5.92 Å². The van der Waals surface area contributed by atoms with Crippen LogP contribution in [0.25, 0.3) is 11.2 Å². The van der Waals surface area contributed by atoms with Crippen LogP contribution in [0.3, 0.4) is 0 Å². The van der Waals surface area contributed by atoms with Gasteiger partial charge in [0.15, 0.2) is 5.65 Å². The van der Waals surface area contributed by atoms with E-state index in [4.69, 9.17) is 16.3 Å². The first kappa shape index (κ1) is 14.5. The molecule has 3 rings (SSSR count). The van der Waals surface area contributed by atoms with Crippen LogP contribution in [-0.4, -0.2) is 32.8 Å². The standard InChI is InChI=1S/C14H19ClN4O2/c1-18-11-7-16-13(15)17-12(11)19(14(18)20)10-5-3-9(4-6-10)8-21-2/h7,9-10H,3-6,8H2,1-2H3. The van der Waals surface area contributed by atoms with Crippen molar-refractivity contribution in [3.63, 3.8) is 0 Å². The number of aromatic nitrogens is 4. The van der Waals surface area contributed by atoms with E-state index in [2.05, 4.69) is 9.97 Å². The molecular weight excluding hydrogens is 292 g/mol. The van der Waals surface area contributed by atoms with Crippen LogP contribution in [0.15, 0.2) is 11.0 Å². The van der Waals surface area contributed by atoms with Crippen molar-refractivity contribution >= 4 is 22.8 Å². The Hall–Kier alpha value is -1.40. The third-order valence-electron chi connectivity index (χ3n) is 4.39. The van der Waals surface area contributed by atoms with Crippen LogP contribution in [-0.2, 0) is 11.8 Å². The smallest absolute Gasteiger partial charge is 0.330 e. The summed E-state index contributed by atoms with van der Waals surface area (Å²) in [4.78, 5) is 20.7. The van der Waals surface area contributed by atoms with Gasteiger partial charge in [-0.05, 0) is 43.2 Å². The van der Waals surface area contributed by atoms with E-state index in [-0.39, 0.29) is 17.0 Å². The highest BCUT2D eigenvalue weighted by Crippen LogP contribution is 2.33. The second-order valence-electron chi connectivity index (χ2n) is 5.69. The van der Waals surface area contributed by atoms with E-state index in [0.29, 0.717) is 11.6 Å². The normalized spacial score (nSPS) is 22.8. The highest BCUT2D eigenvalue weighted by molar-refractivity contribution is 6.28. The van der Waals surface area contributed by atoms with E-state index in [0.717, 1.165) is 37.8 Å². The lowest BCUT2D eigenvalue weighted by atomic mass is 9.86. The molecule has 2 aromatic rings. The summed E-state index contributed by atoms with van der Waals surface area (Å²) in [5, 5.41) is 0.176. The van der Waals surface area contributed by atoms with Crippen molar-refractivity contribution in [1.29, 1.82) is 0 Å². The highest BCUT2D eigenvalue weighted by atomic mass is 35.5. The maximum atomic E-state index is 12.5. The SMILES string of the molecule is COCC1CCC(n2c(=O)n(C)c3cnc(Cl)nc32)CC1. The Morgan fingerprint density at radius 1 is 1.38 bits per heavy atom. The van der Waals surface area contributed by atoms with Gasteiger partial charge in [0, 0.05) is 26.8 Å². The van der Waals surface area contributed by atoms with Gasteiger partial charge < -0.3 is 4.74 Å². The summed E-state index contributed by atoms with van der Waals surface area (Å²) < 4.78 is 8.60. The van der Waals surface area contributed by atoms with Gasteiger partial charge >= 0.3 is 5.69 Å². The van der Waals surface area contributed by atoms with Gasteiger partial charge in [0.2, 0.25) is 5.28 Å². The van der Waals surface area contributed by atoms with Crippen molar-refractivity contribution in [2.45, 2.75) is 31.7 Å². The number of hydrogen-bond donors (Lipinski definition) is 0. The summed E-state index contributed by atoms with van der Waals surface area (Å²) >= 11 is 5.89. The summed E-state index contributed by atoms with van der Waals surface area (Å²) in [5.41, 5.74) is 1.32. The molecule has 0 bridgehead atoms. The van der Waals surface area contributed by atoms with Crippen LogP contribution in [0.1, 0.15) is 31.7 Å². The molecule has 0 unspecified atom stereocenters. The fourth-order valence-electron chi connectivity index (χ4n) is 3.25. The molecule has 6 nitrogen and oxygen atoms in total. The Morgan fingerprint density at radius 3 is 2.76 bits per heavy atom. The van der Waals surface area contributed by atoms with E-state index in [1.807, 2.05) is 0 Å². The molecule has 2 heterocycles. The molecule has 0 atom stereocenters. The van der Waals surface area contributed by atoms with E-state index in [1.54, 1.807) is 29.5 Å². The molecule has 2 aromatic heterocycles. The zero-order valence-corrected chi connectivity index (χ0v) is 13.0. The second kappa shape index (κ2) is 5.77. The molecular formula is C14H19ClN4O2. The Balaban J connectivity index is 1.96. The van der Waals surface area contributed by atoms with Gasteiger partial charge in [-0.15, -0.1) is 0 Å². The van der Waals surface area contributed by atoms with Gasteiger partial charge in [0.05, 0.1) is 6.20 Å². The molecule has 1 fully saturated rings. The molecule has 21 heavy (non-hydrogen) atoms. The maximum Gasteiger partial charge on any atom is 0.330 e. The Labute approximate surface area is 127 Å². The fourth-order valence-corrected chi connectivity index (χ4v) is 3.38. The van der Waals surface area contributed by atoms with Crippen molar-refractivity contribution in [3.05, 3.63) is 22.0 Å². The molecule has 0 aromatic carbocycles. The molecule has 1 aliphatic rings. The third-order valence-corrected chi connectivity index (χ3v) is 4.57. The number of rotatable bonds is 3. The van der Waals surface area contributed by atoms with Gasteiger partial charge in [0.25, 0.3) is 0 Å².